The van der Waals surface area contributed by atoms with E-state index < -0.39 is 10.0 Å². The summed E-state index contributed by atoms with van der Waals surface area (Å²) in [6.07, 6.45) is 0. The number of thioether (sulfide) groups is 2. The van der Waals surface area contributed by atoms with Gasteiger partial charge in [0.1, 0.15) is 5.82 Å². The zero-order valence-corrected chi connectivity index (χ0v) is 16.5. The molecule has 26 heavy (non-hydrogen) atoms. The first-order valence-corrected chi connectivity index (χ1v) is 11.4. The van der Waals surface area contributed by atoms with Crippen molar-refractivity contribution in [2.24, 2.45) is 5.14 Å². The van der Waals surface area contributed by atoms with Gasteiger partial charge in [-0.15, -0.1) is 11.8 Å². The molecule has 0 radical (unpaired) electrons. The number of hydrogen-bond donors (Lipinski definition) is 1. The topological polar surface area (TPSA) is 78.0 Å². The molecular formula is C17H18FN3O2S3. The van der Waals surface area contributed by atoms with E-state index in [0.29, 0.717) is 17.0 Å². The number of nitrogens with zero attached hydrogens (tertiary/aromatic N) is 2. The number of sulfonamides is 1. The zero-order chi connectivity index (χ0) is 18.7. The molecule has 5 nitrogen and oxygen atoms in total. The lowest BCUT2D eigenvalue weighted by molar-refractivity contribution is 0.597. The van der Waals surface area contributed by atoms with Crippen molar-refractivity contribution in [1.29, 1.82) is 0 Å². The van der Waals surface area contributed by atoms with Crippen LogP contribution in [-0.2, 0) is 16.6 Å². The number of benzene rings is 2. The molecule has 0 spiro atoms. The third-order valence-electron chi connectivity index (χ3n) is 3.74. The van der Waals surface area contributed by atoms with Gasteiger partial charge in [0.05, 0.1) is 15.9 Å². The quantitative estimate of drug-likeness (QED) is 0.473. The van der Waals surface area contributed by atoms with Gasteiger partial charge in [-0.2, -0.15) is 0 Å². The Morgan fingerprint density at radius 3 is 2.58 bits per heavy atom. The first-order valence-electron chi connectivity index (χ1n) is 7.93. The lowest BCUT2D eigenvalue weighted by Crippen LogP contribution is -2.11. The average molecular weight is 412 g/mol. The highest BCUT2D eigenvalue weighted by Crippen LogP contribution is 2.28. The standard InChI is InChI=1S/C17H18FN3O2S3/c1-2-21-15-8-7-12(26(19,22)23)11-14(15)20-17(21)25-10-9-24-16-6-4-3-5-13(16)18/h3-8,11H,2,9-10H2,1H3,(H2,19,22,23). The molecule has 2 N–H and O–H groups in total. The van der Waals surface area contributed by atoms with Gasteiger partial charge in [0.15, 0.2) is 5.16 Å². The summed E-state index contributed by atoms with van der Waals surface area (Å²) in [5.41, 5.74) is 1.46. The van der Waals surface area contributed by atoms with E-state index in [1.165, 1.54) is 30.0 Å². The predicted octanol–water partition coefficient (Wildman–Crippen LogP) is 3.73. The van der Waals surface area contributed by atoms with Crippen LogP contribution in [0.4, 0.5) is 4.39 Å². The summed E-state index contributed by atoms with van der Waals surface area (Å²) in [7, 11) is -3.76. The minimum absolute atomic E-state index is 0.0532. The highest BCUT2D eigenvalue weighted by molar-refractivity contribution is 8.02. The van der Waals surface area contributed by atoms with Crippen molar-refractivity contribution in [3.8, 4) is 0 Å². The van der Waals surface area contributed by atoms with Gasteiger partial charge in [-0.3, -0.25) is 0 Å². The fourth-order valence-electron chi connectivity index (χ4n) is 2.53. The number of aryl methyl sites for hydroxylation is 1. The van der Waals surface area contributed by atoms with Crippen molar-refractivity contribution in [3.63, 3.8) is 0 Å². The minimum Gasteiger partial charge on any atom is -0.319 e. The molecule has 0 unspecified atom stereocenters. The number of halogens is 1. The fourth-order valence-corrected chi connectivity index (χ4v) is 5.06. The Balaban J connectivity index is 1.74. The molecule has 1 aromatic heterocycles. The molecule has 1 heterocycles. The second kappa shape index (κ2) is 7.99. The molecule has 0 fully saturated rings. The van der Waals surface area contributed by atoms with Gasteiger partial charge in [0.2, 0.25) is 10.0 Å². The van der Waals surface area contributed by atoms with Crippen LogP contribution in [0.5, 0.6) is 0 Å². The molecular weight excluding hydrogens is 393 g/mol. The molecule has 3 rings (SSSR count). The van der Waals surface area contributed by atoms with Crippen LogP contribution in [0.25, 0.3) is 11.0 Å². The average Bonchev–Trinajstić information content (AvgIpc) is 2.96. The Kier molecular flexibility index (Phi) is 5.91. The molecule has 2 aromatic carbocycles. The van der Waals surface area contributed by atoms with Crippen molar-refractivity contribution in [1.82, 2.24) is 9.55 Å². The summed E-state index contributed by atoms with van der Waals surface area (Å²) >= 11 is 3.03. The third-order valence-corrected chi connectivity index (χ3v) is 6.94. The van der Waals surface area contributed by atoms with Gasteiger partial charge in [-0.05, 0) is 37.3 Å². The van der Waals surface area contributed by atoms with Crippen LogP contribution in [0.3, 0.4) is 0 Å². The Hall–Kier alpha value is -1.55. The van der Waals surface area contributed by atoms with Crippen LogP contribution in [0.1, 0.15) is 6.92 Å². The number of rotatable bonds is 7. The maximum atomic E-state index is 13.6. The van der Waals surface area contributed by atoms with E-state index in [1.807, 2.05) is 17.6 Å². The zero-order valence-electron chi connectivity index (χ0n) is 14.1. The van der Waals surface area contributed by atoms with E-state index in [2.05, 4.69) is 4.98 Å². The van der Waals surface area contributed by atoms with Crippen molar-refractivity contribution < 1.29 is 12.8 Å². The van der Waals surface area contributed by atoms with Crippen LogP contribution in [-0.4, -0.2) is 29.5 Å². The van der Waals surface area contributed by atoms with E-state index in [1.54, 1.807) is 30.0 Å². The van der Waals surface area contributed by atoms with E-state index in [0.717, 1.165) is 22.2 Å². The molecule has 138 valence electrons. The van der Waals surface area contributed by atoms with Crippen LogP contribution in [0.2, 0.25) is 0 Å². The van der Waals surface area contributed by atoms with Crippen molar-refractivity contribution in [3.05, 3.63) is 48.3 Å². The predicted molar refractivity (Wildman–Crippen MR) is 105 cm³/mol. The maximum Gasteiger partial charge on any atom is 0.238 e. The van der Waals surface area contributed by atoms with Crippen LogP contribution in [0, 0.1) is 5.82 Å². The Morgan fingerprint density at radius 2 is 1.88 bits per heavy atom. The van der Waals surface area contributed by atoms with Gasteiger partial charge >= 0.3 is 0 Å². The number of hydrogen-bond acceptors (Lipinski definition) is 5. The number of fused-ring (bicyclic) bond motifs is 1. The molecule has 0 saturated heterocycles. The summed E-state index contributed by atoms with van der Waals surface area (Å²) in [6.45, 7) is 2.72. The van der Waals surface area contributed by atoms with Crippen molar-refractivity contribution in [2.75, 3.05) is 11.5 Å². The van der Waals surface area contributed by atoms with Gasteiger partial charge in [0.25, 0.3) is 0 Å². The molecule has 0 amide bonds. The summed E-state index contributed by atoms with van der Waals surface area (Å²) in [6, 6.07) is 11.4. The number of nitrogens with two attached hydrogens (primary N) is 1. The summed E-state index contributed by atoms with van der Waals surface area (Å²) in [4.78, 5) is 5.23. The molecule has 0 aliphatic rings. The summed E-state index contributed by atoms with van der Waals surface area (Å²) in [5, 5.41) is 6.00. The van der Waals surface area contributed by atoms with Crippen molar-refractivity contribution in [2.45, 2.75) is 28.4 Å². The molecule has 3 aromatic rings. The second-order valence-electron chi connectivity index (χ2n) is 5.46. The van der Waals surface area contributed by atoms with Crippen LogP contribution in [0.15, 0.2) is 57.4 Å². The SMILES string of the molecule is CCn1c(SCCSc2ccccc2F)nc2cc(S(N)(=O)=O)ccc21. The van der Waals surface area contributed by atoms with Gasteiger partial charge < -0.3 is 4.57 Å². The highest BCUT2D eigenvalue weighted by Gasteiger charge is 2.14. The number of primary sulfonamides is 1. The van der Waals surface area contributed by atoms with Crippen molar-refractivity contribution >= 4 is 44.6 Å². The van der Waals surface area contributed by atoms with E-state index in [9.17, 15) is 12.8 Å². The largest absolute Gasteiger partial charge is 0.319 e. The minimum atomic E-state index is -3.76. The van der Waals surface area contributed by atoms with Crippen LogP contribution < -0.4 is 5.14 Å². The Morgan fingerprint density at radius 1 is 1.15 bits per heavy atom. The third kappa shape index (κ3) is 4.22. The Labute approximate surface area is 160 Å². The maximum absolute atomic E-state index is 13.6. The number of aromatic nitrogens is 2. The smallest absolute Gasteiger partial charge is 0.238 e. The van der Waals surface area contributed by atoms with E-state index >= 15 is 0 Å². The Bertz CT molecular complexity index is 1030. The van der Waals surface area contributed by atoms with Gasteiger partial charge in [-0.25, -0.2) is 22.9 Å². The highest BCUT2D eigenvalue weighted by atomic mass is 32.2. The van der Waals surface area contributed by atoms with E-state index in [-0.39, 0.29) is 10.7 Å². The normalized spacial score (nSPS) is 12.0. The molecule has 0 aliphatic heterocycles. The van der Waals surface area contributed by atoms with E-state index in [4.69, 9.17) is 5.14 Å². The molecule has 0 bridgehead atoms. The second-order valence-corrected chi connectivity index (χ2v) is 9.22. The molecule has 0 atom stereocenters. The summed E-state index contributed by atoms with van der Waals surface area (Å²) < 4.78 is 38.7. The molecule has 0 aliphatic carbocycles. The van der Waals surface area contributed by atoms with Crippen LogP contribution >= 0.6 is 23.5 Å². The monoisotopic (exact) mass is 411 g/mol. The van der Waals surface area contributed by atoms with Gasteiger partial charge in [-0.1, -0.05) is 23.9 Å². The lowest BCUT2D eigenvalue weighted by atomic mass is 10.3. The number of imidazole rings is 1. The van der Waals surface area contributed by atoms with Gasteiger partial charge in [0, 0.05) is 22.9 Å². The lowest BCUT2D eigenvalue weighted by Gasteiger charge is -2.06. The molecule has 0 saturated carbocycles. The summed E-state index contributed by atoms with van der Waals surface area (Å²) in [5.74, 6) is 1.28. The first-order chi connectivity index (χ1) is 12.4. The first kappa shape index (κ1) is 19.2. The fraction of sp³-hybridized carbons (Fsp3) is 0.235. The molecule has 9 heteroatoms.